The second kappa shape index (κ2) is 6.86. The van der Waals surface area contributed by atoms with Gasteiger partial charge in [0.05, 0.1) is 5.54 Å². The number of rotatable bonds is 2. The molecule has 2 aliphatic heterocycles. The van der Waals surface area contributed by atoms with Gasteiger partial charge < -0.3 is 9.88 Å². The van der Waals surface area contributed by atoms with Crippen molar-refractivity contribution in [1.82, 2.24) is 20.3 Å². The number of hydrogen-bond acceptors (Lipinski definition) is 3. The highest BCUT2D eigenvalue weighted by atomic mass is 16.2. The zero-order valence-electron chi connectivity index (χ0n) is 17.5. The van der Waals surface area contributed by atoms with Crippen LogP contribution in [0.3, 0.4) is 0 Å². The van der Waals surface area contributed by atoms with Crippen LogP contribution in [0.4, 0.5) is 0 Å². The highest BCUT2D eigenvalue weighted by Crippen LogP contribution is 2.42. The molecule has 0 bridgehead atoms. The molecule has 7 nitrogen and oxygen atoms in total. The Morgan fingerprint density at radius 1 is 1.13 bits per heavy atom. The van der Waals surface area contributed by atoms with Crippen LogP contribution >= 0.6 is 0 Å². The van der Waals surface area contributed by atoms with E-state index in [0.29, 0.717) is 6.42 Å². The minimum Gasteiger partial charge on any atom is -0.356 e. The average molecular weight is 409 g/mol. The van der Waals surface area contributed by atoms with Gasteiger partial charge in [-0.2, -0.15) is 0 Å². The van der Waals surface area contributed by atoms with Crippen LogP contribution in [0, 0.1) is 5.92 Å². The van der Waals surface area contributed by atoms with Crippen LogP contribution < -0.4 is 5.43 Å². The number of carbonyl (C=O) groups is 3. The largest absolute Gasteiger partial charge is 0.356 e. The molecule has 5 rings (SSSR count). The molecular formula is C23H28N4O3. The molecule has 7 heteroatoms. The Hall–Kier alpha value is -2.83. The average Bonchev–Trinajstić information content (AvgIpc) is 3.12. The molecule has 0 unspecified atom stereocenters. The zero-order chi connectivity index (χ0) is 21.0. The summed E-state index contributed by atoms with van der Waals surface area (Å²) in [5.41, 5.74) is 5.22. The van der Waals surface area contributed by atoms with Crippen molar-refractivity contribution in [3.63, 3.8) is 0 Å². The van der Waals surface area contributed by atoms with Crippen LogP contribution in [0.1, 0.15) is 57.2 Å². The van der Waals surface area contributed by atoms with Crippen LogP contribution in [-0.2, 0) is 26.3 Å². The van der Waals surface area contributed by atoms with Crippen LogP contribution in [-0.4, -0.2) is 45.2 Å². The van der Waals surface area contributed by atoms with E-state index in [1.807, 2.05) is 38.1 Å². The maximum absolute atomic E-state index is 13.4. The molecule has 0 radical (unpaired) electrons. The SMILES string of the molecule is CC1(C)c2[nH]c3ccccc3c2C[C@H]2C(=O)N(NC(=O)C3CCCCC3)CC(=O)N21. The first-order valence-corrected chi connectivity index (χ1v) is 10.9. The lowest BCUT2D eigenvalue weighted by molar-refractivity contribution is -0.169. The molecule has 1 atom stereocenters. The lowest BCUT2D eigenvalue weighted by Gasteiger charge is -2.51. The van der Waals surface area contributed by atoms with Crippen LogP contribution in [0.5, 0.6) is 0 Å². The van der Waals surface area contributed by atoms with Crippen molar-refractivity contribution in [1.29, 1.82) is 0 Å². The van der Waals surface area contributed by atoms with E-state index in [1.54, 1.807) is 4.90 Å². The van der Waals surface area contributed by atoms with Gasteiger partial charge in [0.25, 0.3) is 5.91 Å². The van der Waals surface area contributed by atoms with Crippen molar-refractivity contribution in [3.05, 3.63) is 35.5 Å². The van der Waals surface area contributed by atoms with Gasteiger partial charge in [0.1, 0.15) is 12.6 Å². The van der Waals surface area contributed by atoms with Crippen LogP contribution in [0.15, 0.2) is 24.3 Å². The number of fused-ring (bicyclic) bond motifs is 4. The maximum atomic E-state index is 13.4. The minimum absolute atomic E-state index is 0.0669. The van der Waals surface area contributed by atoms with Crippen molar-refractivity contribution < 1.29 is 14.4 Å². The molecule has 158 valence electrons. The molecule has 30 heavy (non-hydrogen) atoms. The molecule has 0 spiro atoms. The maximum Gasteiger partial charge on any atom is 0.264 e. The molecule has 3 amide bonds. The van der Waals surface area contributed by atoms with Crippen molar-refractivity contribution in [2.24, 2.45) is 5.92 Å². The van der Waals surface area contributed by atoms with Gasteiger partial charge in [0, 0.05) is 28.9 Å². The summed E-state index contributed by atoms with van der Waals surface area (Å²) in [6.45, 7) is 3.84. The van der Waals surface area contributed by atoms with Gasteiger partial charge in [0.2, 0.25) is 11.8 Å². The molecule has 2 aromatic rings. The number of carbonyl (C=O) groups excluding carboxylic acids is 3. The lowest BCUT2D eigenvalue weighted by Crippen LogP contribution is -2.69. The molecule has 1 saturated carbocycles. The number of aromatic nitrogens is 1. The smallest absolute Gasteiger partial charge is 0.264 e. The number of piperazine rings is 1. The number of amides is 3. The number of hydrogen-bond donors (Lipinski definition) is 2. The molecular weight excluding hydrogens is 380 g/mol. The topological polar surface area (TPSA) is 85.5 Å². The fraction of sp³-hybridized carbons (Fsp3) is 0.522. The first-order valence-electron chi connectivity index (χ1n) is 10.9. The van der Waals surface area contributed by atoms with Crippen molar-refractivity contribution >= 4 is 28.6 Å². The summed E-state index contributed by atoms with van der Waals surface area (Å²) in [7, 11) is 0. The molecule has 1 aliphatic carbocycles. The Kier molecular flexibility index (Phi) is 4.38. The first kappa shape index (κ1) is 19.2. The number of nitrogens with one attached hydrogen (secondary N) is 2. The third-order valence-corrected chi connectivity index (χ3v) is 7.07. The first-order chi connectivity index (χ1) is 14.4. The number of aromatic amines is 1. The van der Waals surface area contributed by atoms with Gasteiger partial charge in [-0.3, -0.25) is 19.8 Å². The van der Waals surface area contributed by atoms with Gasteiger partial charge in [0.15, 0.2) is 0 Å². The van der Waals surface area contributed by atoms with Crippen molar-refractivity contribution in [2.45, 2.75) is 64.0 Å². The molecule has 1 aromatic heterocycles. The molecule has 3 heterocycles. The highest BCUT2D eigenvalue weighted by molar-refractivity contribution is 5.98. The number of hydrazine groups is 1. The van der Waals surface area contributed by atoms with E-state index in [-0.39, 0.29) is 30.2 Å². The van der Waals surface area contributed by atoms with E-state index in [2.05, 4.69) is 10.4 Å². The van der Waals surface area contributed by atoms with Crippen molar-refractivity contribution in [2.75, 3.05) is 6.54 Å². The Balaban J connectivity index is 1.46. The summed E-state index contributed by atoms with van der Waals surface area (Å²) in [5.74, 6) is -0.546. The van der Waals surface area contributed by atoms with Gasteiger partial charge in [-0.25, -0.2) is 5.01 Å². The standard InChI is InChI=1S/C23H28N4O3/c1-23(2)20-16(15-10-6-7-11-17(15)24-20)12-18-22(30)26(13-19(28)27(18)23)25-21(29)14-8-4-3-5-9-14/h6-7,10-11,14,18,24H,3-5,8-9,12-13H2,1-2H3,(H,25,29)/t18-/m0/s1. The number of nitrogens with zero attached hydrogens (tertiary/aromatic N) is 2. The summed E-state index contributed by atoms with van der Waals surface area (Å²) >= 11 is 0. The van der Waals surface area contributed by atoms with Gasteiger partial charge >= 0.3 is 0 Å². The second-order valence-corrected chi connectivity index (χ2v) is 9.30. The summed E-state index contributed by atoms with van der Waals surface area (Å²) in [4.78, 5) is 44.4. The molecule has 2 fully saturated rings. The molecule has 1 saturated heterocycles. The van der Waals surface area contributed by atoms with Crippen LogP contribution in [0.25, 0.3) is 10.9 Å². The Labute approximate surface area is 175 Å². The summed E-state index contributed by atoms with van der Waals surface area (Å²) in [5, 5.41) is 2.35. The zero-order valence-corrected chi connectivity index (χ0v) is 17.5. The van der Waals surface area contributed by atoms with Gasteiger partial charge in [-0.1, -0.05) is 37.5 Å². The summed E-state index contributed by atoms with van der Waals surface area (Å²) in [6, 6.07) is 7.42. The predicted octanol–water partition coefficient (Wildman–Crippen LogP) is 2.61. The van der Waals surface area contributed by atoms with E-state index in [9.17, 15) is 14.4 Å². The Morgan fingerprint density at radius 3 is 2.63 bits per heavy atom. The van der Waals surface area contributed by atoms with E-state index < -0.39 is 11.6 Å². The molecule has 2 N–H and O–H groups in total. The number of benzene rings is 1. The Morgan fingerprint density at radius 2 is 1.87 bits per heavy atom. The third kappa shape index (κ3) is 2.82. The van der Waals surface area contributed by atoms with Gasteiger partial charge in [-0.05, 0) is 38.3 Å². The fourth-order valence-electron chi connectivity index (χ4n) is 5.57. The predicted molar refractivity (Wildman–Crippen MR) is 112 cm³/mol. The fourth-order valence-corrected chi connectivity index (χ4v) is 5.57. The van der Waals surface area contributed by atoms with Crippen LogP contribution in [0.2, 0.25) is 0 Å². The number of para-hydroxylation sites is 1. The third-order valence-electron chi connectivity index (χ3n) is 7.07. The van der Waals surface area contributed by atoms with Crippen molar-refractivity contribution in [3.8, 4) is 0 Å². The minimum atomic E-state index is -0.635. The normalized spacial score (nSPS) is 24.0. The summed E-state index contributed by atoms with van der Waals surface area (Å²) < 4.78 is 0. The van der Waals surface area contributed by atoms with Gasteiger partial charge in [-0.15, -0.1) is 0 Å². The van der Waals surface area contributed by atoms with E-state index in [1.165, 1.54) is 5.01 Å². The Bertz CT molecular complexity index is 1030. The quantitative estimate of drug-likeness (QED) is 0.801. The van der Waals surface area contributed by atoms with E-state index >= 15 is 0 Å². The summed E-state index contributed by atoms with van der Waals surface area (Å²) in [6.07, 6.45) is 5.39. The monoisotopic (exact) mass is 408 g/mol. The highest BCUT2D eigenvalue weighted by Gasteiger charge is 2.51. The second-order valence-electron chi connectivity index (χ2n) is 9.30. The van der Waals surface area contributed by atoms with E-state index in [4.69, 9.17) is 0 Å². The van der Waals surface area contributed by atoms with E-state index in [0.717, 1.165) is 54.3 Å². The lowest BCUT2D eigenvalue weighted by atomic mass is 9.82. The molecule has 3 aliphatic rings. The number of H-pyrrole nitrogens is 1. The molecule has 1 aromatic carbocycles.